The minimum absolute atomic E-state index is 0.0504. The largest absolute Gasteiger partial charge is 0.335 e. The Bertz CT molecular complexity index is 424. The van der Waals surface area contributed by atoms with Crippen molar-refractivity contribution < 1.29 is 4.79 Å². The van der Waals surface area contributed by atoms with Crippen molar-refractivity contribution in [2.24, 2.45) is 11.8 Å². The van der Waals surface area contributed by atoms with E-state index in [0.29, 0.717) is 23.6 Å². The highest BCUT2D eigenvalue weighted by molar-refractivity contribution is 5.90. The van der Waals surface area contributed by atoms with Crippen LogP contribution in [0.5, 0.6) is 0 Å². The Morgan fingerprint density at radius 3 is 2.32 bits per heavy atom. The highest BCUT2D eigenvalue weighted by Crippen LogP contribution is 2.37. The Morgan fingerprint density at radius 2 is 1.84 bits per heavy atom. The average Bonchev–Trinajstić information content (AvgIpc) is 3.04. The predicted octanol–water partition coefficient (Wildman–Crippen LogP) is 2.44. The lowest BCUT2D eigenvalue weighted by molar-refractivity contribution is 0.0703. The van der Waals surface area contributed by atoms with Gasteiger partial charge in [0.05, 0.1) is 0 Å². The van der Waals surface area contributed by atoms with E-state index in [4.69, 9.17) is 0 Å². The van der Waals surface area contributed by atoms with E-state index >= 15 is 0 Å². The third kappa shape index (κ3) is 3.78. The molecule has 1 heterocycles. The van der Waals surface area contributed by atoms with Gasteiger partial charge in [0, 0.05) is 19.0 Å². The van der Waals surface area contributed by atoms with Crippen LogP contribution in [-0.4, -0.2) is 39.1 Å². The molecular formula is C14H24N4O. The summed E-state index contributed by atoms with van der Waals surface area (Å²) >= 11 is 0. The lowest BCUT2D eigenvalue weighted by Crippen LogP contribution is -2.37. The van der Waals surface area contributed by atoms with Crippen LogP contribution in [0.4, 0.5) is 0 Å². The van der Waals surface area contributed by atoms with Gasteiger partial charge in [-0.05, 0) is 24.7 Å². The average molecular weight is 264 g/mol. The summed E-state index contributed by atoms with van der Waals surface area (Å²) in [6, 6.07) is 0. The molecule has 1 aromatic rings. The highest BCUT2D eigenvalue weighted by Gasteiger charge is 2.29. The molecule has 1 aromatic heterocycles. The molecule has 1 amide bonds. The normalized spacial score (nSPS) is 15.3. The number of carbonyl (C=O) groups is 1. The molecule has 5 heteroatoms. The number of hydrogen-bond acceptors (Lipinski definition) is 3. The van der Waals surface area contributed by atoms with Crippen LogP contribution in [0.3, 0.4) is 0 Å². The molecule has 19 heavy (non-hydrogen) atoms. The van der Waals surface area contributed by atoms with Gasteiger partial charge in [-0.15, -0.1) is 5.10 Å². The van der Waals surface area contributed by atoms with E-state index in [0.717, 1.165) is 31.8 Å². The lowest BCUT2D eigenvalue weighted by Gasteiger charge is -2.25. The Labute approximate surface area is 114 Å². The molecule has 0 aliphatic heterocycles. The maximum atomic E-state index is 12.5. The molecule has 0 aromatic carbocycles. The third-order valence-corrected chi connectivity index (χ3v) is 3.12. The van der Waals surface area contributed by atoms with Gasteiger partial charge in [-0.3, -0.25) is 9.89 Å². The first-order chi connectivity index (χ1) is 8.97. The molecule has 1 fully saturated rings. The van der Waals surface area contributed by atoms with Crippen molar-refractivity contribution in [2.75, 3.05) is 13.1 Å². The van der Waals surface area contributed by atoms with Gasteiger partial charge in [-0.1, -0.05) is 27.7 Å². The number of aromatic amines is 1. The van der Waals surface area contributed by atoms with E-state index in [9.17, 15) is 4.79 Å². The minimum Gasteiger partial charge on any atom is -0.335 e. The first kappa shape index (κ1) is 14.0. The maximum Gasteiger partial charge on any atom is 0.293 e. The summed E-state index contributed by atoms with van der Waals surface area (Å²) in [7, 11) is 0. The number of H-pyrrole nitrogens is 1. The second-order valence-corrected chi connectivity index (χ2v) is 6.32. The second kappa shape index (κ2) is 5.72. The highest BCUT2D eigenvalue weighted by atomic mass is 16.2. The molecule has 1 saturated carbocycles. The van der Waals surface area contributed by atoms with Crippen LogP contribution in [0.2, 0.25) is 0 Å². The molecule has 0 spiro atoms. The number of nitrogens with one attached hydrogen (secondary N) is 1. The fourth-order valence-electron chi connectivity index (χ4n) is 2.17. The van der Waals surface area contributed by atoms with Gasteiger partial charge in [0.1, 0.15) is 5.82 Å². The molecule has 5 nitrogen and oxygen atoms in total. The van der Waals surface area contributed by atoms with Crippen LogP contribution in [-0.2, 0) is 0 Å². The topological polar surface area (TPSA) is 61.9 Å². The van der Waals surface area contributed by atoms with Gasteiger partial charge in [0.2, 0.25) is 5.82 Å². The summed E-state index contributed by atoms with van der Waals surface area (Å²) in [5.41, 5.74) is 0. The van der Waals surface area contributed by atoms with Crippen molar-refractivity contribution in [1.82, 2.24) is 20.1 Å². The number of aromatic nitrogens is 3. The maximum absolute atomic E-state index is 12.5. The molecule has 2 rings (SSSR count). The first-order valence-corrected chi connectivity index (χ1v) is 7.19. The van der Waals surface area contributed by atoms with Gasteiger partial charge in [-0.2, -0.15) is 0 Å². The van der Waals surface area contributed by atoms with Gasteiger partial charge < -0.3 is 4.90 Å². The van der Waals surface area contributed by atoms with E-state index in [2.05, 4.69) is 42.9 Å². The van der Waals surface area contributed by atoms with E-state index in [1.165, 1.54) is 0 Å². The van der Waals surface area contributed by atoms with Crippen molar-refractivity contribution in [2.45, 2.75) is 46.5 Å². The van der Waals surface area contributed by atoms with Crippen LogP contribution in [0.15, 0.2) is 0 Å². The van der Waals surface area contributed by atoms with Crippen molar-refractivity contribution in [1.29, 1.82) is 0 Å². The summed E-state index contributed by atoms with van der Waals surface area (Å²) < 4.78 is 0. The first-order valence-electron chi connectivity index (χ1n) is 7.19. The molecule has 0 radical (unpaired) electrons. The zero-order valence-electron chi connectivity index (χ0n) is 12.3. The zero-order chi connectivity index (χ0) is 14.0. The van der Waals surface area contributed by atoms with Crippen molar-refractivity contribution >= 4 is 5.91 Å². The summed E-state index contributed by atoms with van der Waals surface area (Å²) in [5.74, 6) is 2.54. The molecular weight excluding hydrogens is 240 g/mol. The van der Waals surface area contributed by atoms with E-state index < -0.39 is 0 Å². The van der Waals surface area contributed by atoms with Crippen LogP contribution >= 0.6 is 0 Å². The van der Waals surface area contributed by atoms with Crippen LogP contribution in [0.25, 0.3) is 0 Å². The molecule has 1 aliphatic rings. The Hall–Kier alpha value is -1.39. The van der Waals surface area contributed by atoms with Gasteiger partial charge in [0.15, 0.2) is 0 Å². The summed E-state index contributed by atoms with van der Waals surface area (Å²) in [6.45, 7) is 9.99. The number of amides is 1. The Balaban J connectivity index is 2.07. The number of rotatable bonds is 6. The summed E-state index contributed by atoms with van der Waals surface area (Å²) in [5, 5.41) is 6.99. The van der Waals surface area contributed by atoms with Crippen LogP contribution in [0.1, 0.15) is 62.9 Å². The number of nitrogens with zero attached hydrogens (tertiary/aromatic N) is 3. The van der Waals surface area contributed by atoms with Crippen molar-refractivity contribution in [3.8, 4) is 0 Å². The summed E-state index contributed by atoms with van der Waals surface area (Å²) in [4.78, 5) is 18.7. The van der Waals surface area contributed by atoms with Gasteiger partial charge in [-0.25, -0.2) is 4.98 Å². The monoisotopic (exact) mass is 264 g/mol. The fourth-order valence-corrected chi connectivity index (χ4v) is 2.17. The van der Waals surface area contributed by atoms with E-state index in [1.54, 1.807) is 0 Å². The van der Waals surface area contributed by atoms with Gasteiger partial charge >= 0.3 is 0 Å². The molecule has 0 saturated heterocycles. The van der Waals surface area contributed by atoms with E-state index in [1.807, 2.05) is 4.90 Å². The van der Waals surface area contributed by atoms with Crippen molar-refractivity contribution in [3.05, 3.63) is 11.6 Å². The van der Waals surface area contributed by atoms with Crippen LogP contribution < -0.4 is 0 Å². The van der Waals surface area contributed by atoms with E-state index in [-0.39, 0.29) is 5.91 Å². The molecule has 0 unspecified atom stereocenters. The molecule has 1 N–H and O–H groups in total. The number of carbonyl (C=O) groups excluding carboxylic acids is 1. The summed E-state index contributed by atoms with van der Waals surface area (Å²) in [6.07, 6.45) is 2.31. The Morgan fingerprint density at radius 1 is 1.26 bits per heavy atom. The molecule has 1 aliphatic carbocycles. The van der Waals surface area contributed by atoms with Gasteiger partial charge in [0.25, 0.3) is 5.91 Å². The quantitative estimate of drug-likeness (QED) is 0.858. The molecule has 0 bridgehead atoms. The minimum atomic E-state index is -0.0504. The van der Waals surface area contributed by atoms with Crippen molar-refractivity contribution in [3.63, 3.8) is 0 Å². The SMILES string of the molecule is CC(C)CN(CC(C)C)C(=O)c1n[nH]c(C2CC2)n1. The standard InChI is InChI=1S/C14H24N4O/c1-9(2)7-18(8-10(3)4)14(19)13-15-12(16-17-13)11-5-6-11/h9-11H,5-8H2,1-4H3,(H,15,16,17). The lowest BCUT2D eigenvalue weighted by atomic mass is 10.1. The molecule has 106 valence electrons. The zero-order valence-corrected chi connectivity index (χ0v) is 12.3. The fraction of sp³-hybridized carbons (Fsp3) is 0.786. The second-order valence-electron chi connectivity index (χ2n) is 6.32. The van der Waals surface area contributed by atoms with Crippen LogP contribution in [0, 0.1) is 11.8 Å². The Kier molecular flexibility index (Phi) is 4.22. The molecule has 0 atom stereocenters. The smallest absolute Gasteiger partial charge is 0.293 e. The predicted molar refractivity (Wildman–Crippen MR) is 73.9 cm³/mol. The third-order valence-electron chi connectivity index (χ3n) is 3.12. The number of hydrogen-bond donors (Lipinski definition) is 1.